The highest BCUT2D eigenvalue weighted by atomic mass is 15.2. The molecule has 2 atom stereocenters. The van der Waals surface area contributed by atoms with Crippen molar-refractivity contribution in [2.24, 2.45) is 0 Å². The summed E-state index contributed by atoms with van der Waals surface area (Å²) in [4.78, 5) is 12.5. The molecule has 1 aliphatic carbocycles. The first kappa shape index (κ1) is 25.2. The lowest BCUT2D eigenvalue weighted by atomic mass is 9.91. The normalized spacial score (nSPS) is 16.6. The molecule has 3 nitrogen and oxygen atoms in total. The standard InChI is InChI=1S/C40H29N3/c1-3-12-29(13-4-1)36-27-37(30-14-5-2-6-15-30)42-40(41-36)32-17-11-16-31(26-32)28-22-24-33(25-23-28)43-38-20-9-7-18-34(38)35-19-8-10-21-39(35)43/h1-27,34,38H. The molecule has 8 rings (SSSR count). The van der Waals surface area contributed by atoms with E-state index in [0.29, 0.717) is 12.0 Å². The van der Waals surface area contributed by atoms with E-state index in [0.717, 1.165) is 45.0 Å². The van der Waals surface area contributed by atoms with Gasteiger partial charge in [0.05, 0.1) is 17.4 Å². The van der Waals surface area contributed by atoms with Gasteiger partial charge in [-0.25, -0.2) is 9.97 Å². The molecule has 5 aromatic carbocycles. The van der Waals surface area contributed by atoms with Crippen LogP contribution in [0.3, 0.4) is 0 Å². The molecule has 0 saturated carbocycles. The molecule has 204 valence electrons. The second kappa shape index (κ2) is 10.7. The fourth-order valence-corrected chi connectivity index (χ4v) is 6.33. The number of nitrogens with zero attached hydrogens (tertiary/aromatic N) is 3. The van der Waals surface area contributed by atoms with Crippen LogP contribution in [0.25, 0.3) is 45.0 Å². The van der Waals surface area contributed by atoms with E-state index in [-0.39, 0.29) is 0 Å². The number of hydrogen-bond donors (Lipinski definition) is 0. The van der Waals surface area contributed by atoms with Gasteiger partial charge >= 0.3 is 0 Å². The average Bonchev–Trinajstić information content (AvgIpc) is 3.43. The molecule has 3 heteroatoms. The summed E-state index contributed by atoms with van der Waals surface area (Å²) < 4.78 is 0. The fraction of sp³-hybridized carbons (Fsp3) is 0.0500. The Morgan fingerprint density at radius 2 is 1.07 bits per heavy atom. The highest BCUT2D eigenvalue weighted by Crippen LogP contribution is 2.47. The minimum absolute atomic E-state index is 0.296. The first-order valence-corrected chi connectivity index (χ1v) is 14.8. The Bertz CT molecular complexity index is 1920. The van der Waals surface area contributed by atoms with Crippen LogP contribution >= 0.6 is 0 Å². The van der Waals surface area contributed by atoms with Gasteiger partial charge in [0.25, 0.3) is 0 Å². The van der Waals surface area contributed by atoms with Gasteiger partial charge in [-0.1, -0.05) is 133 Å². The van der Waals surface area contributed by atoms with E-state index in [1.165, 1.54) is 16.9 Å². The van der Waals surface area contributed by atoms with Crippen LogP contribution in [0.5, 0.6) is 0 Å². The molecule has 1 aromatic heterocycles. The van der Waals surface area contributed by atoms with Crippen molar-refractivity contribution in [3.8, 4) is 45.0 Å². The summed E-state index contributed by atoms with van der Waals surface area (Å²) in [5.74, 6) is 1.10. The number of allylic oxidation sites excluding steroid dienone is 2. The van der Waals surface area contributed by atoms with Gasteiger partial charge in [-0.2, -0.15) is 0 Å². The SMILES string of the molecule is C1=CC2c3ccccc3N(c3ccc(-c4cccc(-c5nc(-c6ccccc6)cc(-c6ccccc6)n5)c4)cc3)C2C=C1. The van der Waals surface area contributed by atoms with Gasteiger partial charge in [0.15, 0.2) is 5.82 Å². The van der Waals surface area contributed by atoms with Crippen molar-refractivity contribution in [1.82, 2.24) is 9.97 Å². The molecule has 0 N–H and O–H groups in total. The first-order valence-electron chi connectivity index (χ1n) is 14.8. The van der Waals surface area contributed by atoms with Crippen molar-refractivity contribution >= 4 is 11.4 Å². The van der Waals surface area contributed by atoms with Gasteiger partial charge in [0.1, 0.15) is 0 Å². The lowest BCUT2D eigenvalue weighted by Gasteiger charge is -2.28. The molecule has 6 aromatic rings. The largest absolute Gasteiger partial charge is 0.333 e. The van der Waals surface area contributed by atoms with Gasteiger partial charge < -0.3 is 4.90 Å². The van der Waals surface area contributed by atoms with Gasteiger partial charge in [-0.15, -0.1) is 0 Å². The van der Waals surface area contributed by atoms with Crippen molar-refractivity contribution in [2.75, 3.05) is 4.90 Å². The average molecular weight is 552 g/mol. The van der Waals surface area contributed by atoms with E-state index in [4.69, 9.17) is 9.97 Å². The maximum absolute atomic E-state index is 5.03. The number of para-hydroxylation sites is 1. The molecule has 1 aliphatic heterocycles. The summed E-state index contributed by atoms with van der Waals surface area (Å²) >= 11 is 0. The molecular weight excluding hydrogens is 522 g/mol. The number of anilines is 2. The molecule has 0 bridgehead atoms. The van der Waals surface area contributed by atoms with E-state index < -0.39 is 0 Å². The van der Waals surface area contributed by atoms with Gasteiger partial charge in [-0.05, 0) is 47.0 Å². The second-order valence-electron chi connectivity index (χ2n) is 11.0. The third kappa shape index (κ3) is 4.65. The summed E-state index contributed by atoms with van der Waals surface area (Å²) in [6.07, 6.45) is 8.97. The van der Waals surface area contributed by atoms with Crippen LogP contribution in [-0.4, -0.2) is 16.0 Å². The molecule has 2 aliphatic rings. The molecule has 2 unspecified atom stereocenters. The van der Waals surface area contributed by atoms with Crippen LogP contribution in [0.1, 0.15) is 11.5 Å². The Hall–Kier alpha value is -5.54. The molecule has 0 radical (unpaired) electrons. The molecule has 0 fully saturated rings. The number of rotatable bonds is 5. The fourth-order valence-electron chi connectivity index (χ4n) is 6.33. The zero-order valence-corrected chi connectivity index (χ0v) is 23.6. The van der Waals surface area contributed by atoms with E-state index in [1.807, 2.05) is 36.4 Å². The van der Waals surface area contributed by atoms with Crippen molar-refractivity contribution in [3.05, 3.63) is 169 Å². The highest BCUT2D eigenvalue weighted by Gasteiger charge is 2.36. The monoisotopic (exact) mass is 551 g/mol. The predicted octanol–water partition coefficient (Wildman–Crippen LogP) is 9.87. The van der Waals surface area contributed by atoms with E-state index in [9.17, 15) is 0 Å². The maximum atomic E-state index is 5.03. The molecule has 0 amide bonds. The van der Waals surface area contributed by atoms with Crippen LogP contribution in [0.2, 0.25) is 0 Å². The summed E-state index contributed by atoms with van der Waals surface area (Å²) in [7, 11) is 0. The minimum Gasteiger partial charge on any atom is -0.333 e. The summed E-state index contributed by atoms with van der Waals surface area (Å²) in [5, 5.41) is 0. The van der Waals surface area contributed by atoms with Gasteiger partial charge in [-0.3, -0.25) is 0 Å². The lowest BCUT2D eigenvalue weighted by molar-refractivity contribution is 0.745. The third-order valence-corrected chi connectivity index (χ3v) is 8.42. The number of hydrogen-bond acceptors (Lipinski definition) is 3. The van der Waals surface area contributed by atoms with Crippen molar-refractivity contribution in [2.45, 2.75) is 12.0 Å². The van der Waals surface area contributed by atoms with E-state index >= 15 is 0 Å². The number of aromatic nitrogens is 2. The Labute approximate surface area is 252 Å². The van der Waals surface area contributed by atoms with Crippen LogP contribution in [0.4, 0.5) is 11.4 Å². The second-order valence-corrected chi connectivity index (χ2v) is 11.0. The Balaban J connectivity index is 1.15. The van der Waals surface area contributed by atoms with E-state index in [2.05, 4.69) is 132 Å². The van der Waals surface area contributed by atoms with Crippen LogP contribution in [0, 0.1) is 0 Å². The Morgan fingerprint density at radius 1 is 0.465 bits per heavy atom. The quantitative estimate of drug-likeness (QED) is 0.213. The Kier molecular flexibility index (Phi) is 6.27. The van der Waals surface area contributed by atoms with Crippen LogP contribution in [-0.2, 0) is 0 Å². The molecule has 0 saturated heterocycles. The minimum atomic E-state index is 0.296. The van der Waals surface area contributed by atoms with Crippen LogP contribution in [0.15, 0.2) is 164 Å². The zero-order chi connectivity index (χ0) is 28.6. The van der Waals surface area contributed by atoms with Crippen molar-refractivity contribution in [1.29, 1.82) is 0 Å². The molecule has 0 spiro atoms. The van der Waals surface area contributed by atoms with Crippen LogP contribution < -0.4 is 4.90 Å². The Morgan fingerprint density at radius 3 is 1.79 bits per heavy atom. The smallest absolute Gasteiger partial charge is 0.160 e. The summed E-state index contributed by atoms with van der Waals surface area (Å²) in [6.45, 7) is 0. The number of benzene rings is 5. The van der Waals surface area contributed by atoms with Gasteiger partial charge in [0, 0.05) is 34.0 Å². The highest BCUT2D eigenvalue weighted by molar-refractivity contribution is 5.79. The number of fused-ring (bicyclic) bond motifs is 3. The zero-order valence-electron chi connectivity index (χ0n) is 23.6. The molecular formula is C40H29N3. The third-order valence-electron chi connectivity index (χ3n) is 8.42. The summed E-state index contributed by atoms with van der Waals surface area (Å²) in [6, 6.07) is 49.3. The predicted molar refractivity (Wildman–Crippen MR) is 177 cm³/mol. The lowest BCUT2D eigenvalue weighted by Crippen LogP contribution is -2.28. The molecule has 2 heterocycles. The van der Waals surface area contributed by atoms with E-state index in [1.54, 1.807) is 0 Å². The topological polar surface area (TPSA) is 29.0 Å². The first-order chi connectivity index (χ1) is 21.3. The summed E-state index contributed by atoms with van der Waals surface area (Å²) in [5.41, 5.74) is 11.1. The van der Waals surface area contributed by atoms with Crippen molar-refractivity contribution in [3.63, 3.8) is 0 Å². The maximum Gasteiger partial charge on any atom is 0.160 e. The van der Waals surface area contributed by atoms with Gasteiger partial charge in [0.2, 0.25) is 0 Å². The molecule has 43 heavy (non-hydrogen) atoms. The van der Waals surface area contributed by atoms with Crippen molar-refractivity contribution < 1.29 is 0 Å².